The van der Waals surface area contributed by atoms with E-state index in [4.69, 9.17) is 10.5 Å². The molecule has 23 heavy (non-hydrogen) atoms. The van der Waals surface area contributed by atoms with Crippen LogP contribution in [0.15, 0.2) is 36.4 Å². The van der Waals surface area contributed by atoms with Gasteiger partial charge in [0.15, 0.2) is 0 Å². The molecule has 4 heteroatoms. The minimum Gasteiger partial charge on any atom is -0.492 e. The fraction of sp³-hybridized carbons (Fsp3) is 0.316. The number of nitrogens with two attached hydrogens (primary N) is 1. The Labute approximate surface area is 137 Å². The molecular formula is C19H24N2O2. The standard InChI is InChI=1S/C19H24N2O2/c1-4-23-18-7-5-15(12-17(18)20)6-8-19(22)21-16-10-13(2)9-14(3)11-16/h5,7,9-12H,4,6,8,20H2,1-3H3,(H,21,22). The van der Waals surface area contributed by atoms with E-state index in [0.29, 0.717) is 30.9 Å². The number of benzene rings is 2. The van der Waals surface area contributed by atoms with Gasteiger partial charge in [-0.15, -0.1) is 0 Å². The van der Waals surface area contributed by atoms with Crippen LogP contribution in [-0.4, -0.2) is 12.5 Å². The van der Waals surface area contributed by atoms with Crippen molar-refractivity contribution in [1.29, 1.82) is 0 Å². The van der Waals surface area contributed by atoms with Crippen molar-refractivity contribution in [3.63, 3.8) is 0 Å². The molecule has 0 spiro atoms. The Morgan fingerprint density at radius 1 is 1.13 bits per heavy atom. The molecule has 0 bridgehead atoms. The van der Waals surface area contributed by atoms with Crippen LogP contribution in [-0.2, 0) is 11.2 Å². The van der Waals surface area contributed by atoms with Gasteiger partial charge in [0, 0.05) is 12.1 Å². The number of nitrogens with one attached hydrogen (secondary N) is 1. The van der Waals surface area contributed by atoms with E-state index in [1.165, 1.54) is 0 Å². The minimum atomic E-state index is 0.00227. The quantitative estimate of drug-likeness (QED) is 0.796. The molecule has 122 valence electrons. The first kappa shape index (κ1) is 16.9. The number of rotatable bonds is 6. The average molecular weight is 312 g/mol. The van der Waals surface area contributed by atoms with Gasteiger partial charge in [0.1, 0.15) is 5.75 Å². The third-order valence-electron chi connectivity index (χ3n) is 3.52. The van der Waals surface area contributed by atoms with E-state index in [1.807, 2.05) is 51.1 Å². The molecule has 0 fully saturated rings. The number of carbonyl (C=O) groups excluding carboxylic acids is 1. The largest absolute Gasteiger partial charge is 0.492 e. The Kier molecular flexibility index (Phi) is 5.63. The summed E-state index contributed by atoms with van der Waals surface area (Å²) in [5.41, 5.74) is 10.7. The number of hydrogen-bond donors (Lipinski definition) is 2. The number of amides is 1. The van der Waals surface area contributed by atoms with Gasteiger partial charge in [-0.1, -0.05) is 12.1 Å². The lowest BCUT2D eigenvalue weighted by atomic mass is 10.1. The Balaban J connectivity index is 1.92. The summed E-state index contributed by atoms with van der Waals surface area (Å²) in [5, 5.41) is 2.95. The summed E-state index contributed by atoms with van der Waals surface area (Å²) in [7, 11) is 0. The zero-order valence-corrected chi connectivity index (χ0v) is 14.0. The van der Waals surface area contributed by atoms with E-state index in [9.17, 15) is 4.79 Å². The van der Waals surface area contributed by atoms with Crippen molar-refractivity contribution in [2.75, 3.05) is 17.7 Å². The molecule has 0 saturated carbocycles. The molecule has 4 nitrogen and oxygen atoms in total. The normalized spacial score (nSPS) is 10.4. The van der Waals surface area contributed by atoms with E-state index < -0.39 is 0 Å². The van der Waals surface area contributed by atoms with Gasteiger partial charge in [0.05, 0.1) is 12.3 Å². The molecule has 2 aromatic rings. The van der Waals surface area contributed by atoms with Crippen molar-refractivity contribution < 1.29 is 9.53 Å². The highest BCUT2D eigenvalue weighted by Gasteiger charge is 2.06. The molecule has 0 aromatic heterocycles. The SMILES string of the molecule is CCOc1ccc(CCC(=O)Nc2cc(C)cc(C)c2)cc1N. The van der Waals surface area contributed by atoms with Crippen molar-refractivity contribution >= 4 is 17.3 Å². The molecule has 2 aromatic carbocycles. The van der Waals surface area contributed by atoms with E-state index in [2.05, 4.69) is 11.4 Å². The van der Waals surface area contributed by atoms with Crippen LogP contribution < -0.4 is 15.8 Å². The van der Waals surface area contributed by atoms with Gasteiger partial charge in [0.2, 0.25) is 5.91 Å². The molecule has 0 aliphatic heterocycles. The highest BCUT2D eigenvalue weighted by atomic mass is 16.5. The van der Waals surface area contributed by atoms with Gasteiger partial charge < -0.3 is 15.8 Å². The predicted molar refractivity (Wildman–Crippen MR) is 94.9 cm³/mol. The zero-order valence-electron chi connectivity index (χ0n) is 14.0. The van der Waals surface area contributed by atoms with E-state index in [1.54, 1.807) is 0 Å². The van der Waals surface area contributed by atoms with Crippen LogP contribution >= 0.6 is 0 Å². The molecule has 0 aliphatic rings. The molecule has 0 aliphatic carbocycles. The van der Waals surface area contributed by atoms with Gasteiger partial charge in [-0.2, -0.15) is 0 Å². The van der Waals surface area contributed by atoms with Crippen LogP contribution in [0.4, 0.5) is 11.4 Å². The summed E-state index contributed by atoms with van der Waals surface area (Å²) in [6, 6.07) is 11.7. The molecule has 0 unspecified atom stereocenters. The lowest BCUT2D eigenvalue weighted by Gasteiger charge is -2.10. The number of hydrogen-bond acceptors (Lipinski definition) is 3. The molecule has 1 amide bonds. The fourth-order valence-electron chi connectivity index (χ4n) is 2.57. The predicted octanol–water partition coefficient (Wildman–Crippen LogP) is 3.86. The third kappa shape index (κ3) is 5.02. The molecule has 0 saturated heterocycles. The monoisotopic (exact) mass is 312 g/mol. The summed E-state index contributed by atoms with van der Waals surface area (Å²) < 4.78 is 5.41. The summed E-state index contributed by atoms with van der Waals surface area (Å²) in [6.07, 6.45) is 1.06. The second-order valence-corrected chi connectivity index (χ2v) is 5.73. The highest BCUT2D eigenvalue weighted by molar-refractivity contribution is 5.91. The van der Waals surface area contributed by atoms with Crippen molar-refractivity contribution in [1.82, 2.24) is 0 Å². The molecule has 2 rings (SSSR count). The van der Waals surface area contributed by atoms with Gasteiger partial charge >= 0.3 is 0 Å². The number of aryl methyl sites for hydroxylation is 3. The first-order chi connectivity index (χ1) is 11.0. The maximum absolute atomic E-state index is 12.1. The van der Waals surface area contributed by atoms with Gasteiger partial charge in [-0.3, -0.25) is 4.79 Å². The summed E-state index contributed by atoms with van der Waals surface area (Å²) >= 11 is 0. The Morgan fingerprint density at radius 2 is 1.83 bits per heavy atom. The van der Waals surface area contributed by atoms with Gasteiger partial charge in [0.25, 0.3) is 0 Å². The van der Waals surface area contributed by atoms with Gasteiger partial charge in [-0.25, -0.2) is 0 Å². The van der Waals surface area contributed by atoms with Crippen LogP contribution in [0.3, 0.4) is 0 Å². The Hall–Kier alpha value is -2.49. The second kappa shape index (κ2) is 7.68. The summed E-state index contributed by atoms with van der Waals surface area (Å²) in [4.78, 5) is 12.1. The van der Waals surface area contributed by atoms with E-state index >= 15 is 0 Å². The first-order valence-corrected chi connectivity index (χ1v) is 7.87. The first-order valence-electron chi connectivity index (χ1n) is 7.87. The van der Waals surface area contributed by atoms with Crippen LogP contribution in [0.1, 0.15) is 30.0 Å². The topological polar surface area (TPSA) is 64.3 Å². The Bertz CT molecular complexity index is 676. The van der Waals surface area contributed by atoms with E-state index in [0.717, 1.165) is 22.4 Å². The van der Waals surface area contributed by atoms with Crippen molar-refractivity contribution in [3.8, 4) is 5.75 Å². The van der Waals surface area contributed by atoms with Gasteiger partial charge in [-0.05, 0) is 68.1 Å². The van der Waals surface area contributed by atoms with Crippen LogP contribution in [0, 0.1) is 13.8 Å². The third-order valence-corrected chi connectivity index (χ3v) is 3.52. The lowest BCUT2D eigenvalue weighted by Crippen LogP contribution is -2.12. The average Bonchev–Trinajstić information content (AvgIpc) is 2.47. The number of nitrogen functional groups attached to an aromatic ring is 1. The highest BCUT2D eigenvalue weighted by Crippen LogP contribution is 2.23. The van der Waals surface area contributed by atoms with E-state index in [-0.39, 0.29) is 5.91 Å². The van der Waals surface area contributed by atoms with Crippen molar-refractivity contribution in [2.45, 2.75) is 33.6 Å². The lowest BCUT2D eigenvalue weighted by molar-refractivity contribution is -0.116. The summed E-state index contributed by atoms with van der Waals surface area (Å²) in [5.74, 6) is 0.693. The van der Waals surface area contributed by atoms with Crippen molar-refractivity contribution in [2.24, 2.45) is 0 Å². The van der Waals surface area contributed by atoms with Crippen LogP contribution in [0.2, 0.25) is 0 Å². The summed E-state index contributed by atoms with van der Waals surface area (Å²) in [6.45, 7) is 6.54. The van der Waals surface area contributed by atoms with Crippen molar-refractivity contribution in [3.05, 3.63) is 53.1 Å². The maximum Gasteiger partial charge on any atom is 0.224 e. The molecule has 0 heterocycles. The molecule has 0 radical (unpaired) electrons. The Morgan fingerprint density at radius 3 is 2.43 bits per heavy atom. The van der Waals surface area contributed by atoms with Crippen LogP contribution in [0.25, 0.3) is 0 Å². The smallest absolute Gasteiger partial charge is 0.224 e. The van der Waals surface area contributed by atoms with Crippen LogP contribution in [0.5, 0.6) is 5.75 Å². The minimum absolute atomic E-state index is 0.00227. The maximum atomic E-state index is 12.1. The molecule has 3 N–H and O–H groups in total. The zero-order chi connectivity index (χ0) is 16.8. The number of carbonyl (C=O) groups is 1. The number of anilines is 2. The molecular weight excluding hydrogens is 288 g/mol. The fourth-order valence-corrected chi connectivity index (χ4v) is 2.57. The second-order valence-electron chi connectivity index (χ2n) is 5.73. The number of ether oxygens (including phenoxy) is 1. The molecule has 0 atom stereocenters.